The van der Waals surface area contributed by atoms with E-state index in [1.54, 1.807) is 12.4 Å². The number of nitrogens with zero attached hydrogens (tertiary/aromatic N) is 2. The van der Waals surface area contributed by atoms with E-state index in [0.717, 1.165) is 37.1 Å². The highest BCUT2D eigenvalue weighted by molar-refractivity contribution is 7.91. The van der Waals surface area contributed by atoms with E-state index < -0.39 is 9.84 Å². The predicted molar refractivity (Wildman–Crippen MR) is 94.2 cm³/mol. The molecule has 1 fully saturated rings. The van der Waals surface area contributed by atoms with Gasteiger partial charge in [0.05, 0.1) is 17.0 Å². The monoisotopic (exact) mass is 343 g/mol. The van der Waals surface area contributed by atoms with Crippen LogP contribution in [0.5, 0.6) is 0 Å². The summed E-state index contributed by atoms with van der Waals surface area (Å²) in [7, 11) is -2.95. The van der Waals surface area contributed by atoms with Crippen molar-refractivity contribution < 1.29 is 8.42 Å². The molecule has 5 nitrogen and oxygen atoms in total. The van der Waals surface area contributed by atoms with Gasteiger partial charge in [-0.1, -0.05) is 24.0 Å². The topological polar surface area (TPSA) is 66.1 Å². The van der Waals surface area contributed by atoms with Crippen LogP contribution in [-0.4, -0.2) is 48.1 Å². The lowest BCUT2D eigenvalue weighted by molar-refractivity contribution is 0.222. The van der Waals surface area contributed by atoms with Crippen molar-refractivity contribution >= 4 is 9.84 Å². The summed E-state index contributed by atoms with van der Waals surface area (Å²) in [5.74, 6) is 6.15. The minimum absolute atomic E-state index is 0.230. The lowest BCUT2D eigenvalue weighted by Gasteiger charge is -2.31. The molecule has 1 unspecified atom stereocenters. The van der Waals surface area contributed by atoms with Gasteiger partial charge in [0.25, 0.3) is 0 Å². The first-order valence-electron chi connectivity index (χ1n) is 8.02. The Morgan fingerprint density at radius 3 is 2.67 bits per heavy atom. The minimum Gasteiger partial charge on any atom is -0.298 e. The lowest BCUT2D eigenvalue weighted by atomic mass is 10.1. The number of hydrogen-bond donors (Lipinski definition) is 1. The van der Waals surface area contributed by atoms with E-state index in [1.165, 1.54) is 11.8 Å². The highest BCUT2D eigenvalue weighted by Gasteiger charge is 2.27. The van der Waals surface area contributed by atoms with Gasteiger partial charge in [0, 0.05) is 31.1 Å². The van der Waals surface area contributed by atoms with Crippen LogP contribution in [0.1, 0.15) is 29.5 Å². The molecular weight excluding hydrogens is 322 g/mol. The Bertz CT molecular complexity index is 831. The molecule has 0 spiro atoms. The summed E-state index contributed by atoms with van der Waals surface area (Å²) in [5.41, 5.74) is 2.99. The van der Waals surface area contributed by atoms with Crippen LogP contribution in [0.15, 0.2) is 36.7 Å². The van der Waals surface area contributed by atoms with Gasteiger partial charge >= 0.3 is 0 Å². The Morgan fingerprint density at radius 2 is 2.00 bits per heavy atom. The maximum absolute atomic E-state index is 11.7. The summed E-state index contributed by atoms with van der Waals surface area (Å²) in [6.45, 7) is 2.36. The van der Waals surface area contributed by atoms with Crippen LogP contribution in [0, 0.1) is 11.8 Å². The van der Waals surface area contributed by atoms with E-state index >= 15 is 0 Å². The minimum atomic E-state index is -2.95. The van der Waals surface area contributed by atoms with Crippen LogP contribution in [-0.2, 0) is 16.4 Å². The fourth-order valence-electron chi connectivity index (χ4n) is 2.92. The second kappa shape index (κ2) is 7.20. The molecule has 0 aliphatic carbocycles. The molecule has 1 aromatic heterocycles. The molecule has 1 N–H and O–H groups in total. The van der Waals surface area contributed by atoms with Gasteiger partial charge in [0.1, 0.15) is 0 Å². The maximum Gasteiger partial charge on any atom is 0.151 e. The molecule has 1 aromatic carbocycles. The van der Waals surface area contributed by atoms with Gasteiger partial charge in [-0.2, -0.15) is 5.10 Å². The molecule has 126 valence electrons. The van der Waals surface area contributed by atoms with E-state index in [1.807, 2.05) is 12.1 Å². The molecule has 0 radical (unpaired) electrons. The summed E-state index contributed by atoms with van der Waals surface area (Å²) in [6.07, 6.45) is 6.50. The van der Waals surface area contributed by atoms with Gasteiger partial charge in [-0.25, -0.2) is 8.42 Å². The Balaban J connectivity index is 1.62. The van der Waals surface area contributed by atoms with Crippen molar-refractivity contribution in [3.8, 4) is 11.8 Å². The van der Waals surface area contributed by atoms with Crippen molar-refractivity contribution in [2.75, 3.05) is 19.3 Å². The van der Waals surface area contributed by atoms with Crippen LogP contribution in [0.4, 0.5) is 0 Å². The number of likely N-dealkylation sites (tertiary alicyclic amines) is 1. The van der Waals surface area contributed by atoms with Gasteiger partial charge in [-0.15, -0.1) is 0 Å². The van der Waals surface area contributed by atoms with Crippen molar-refractivity contribution in [3.63, 3.8) is 0 Å². The Hall–Kier alpha value is -2.10. The summed E-state index contributed by atoms with van der Waals surface area (Å²) in [6, 6.07) is 8.12. The molecule has 24 heavy (non-hydrogen) atoms. The summed E-state index contributed by atoms with van der Waals surface area (Å²) in [5, 5.41) is 6.36. The number of benzene rings is 1. The van der Waals surface area contributed by atoms with Crippen LogP contribution >= 0.6 is 0 Å². The second-order valence-electron chi connectivity index (χ2n) is 6.26. The molecule has 2 aromatic rings. The highest BCUT2D eigenvalue weighted by atomic mass is 32.2. The second-order valence-corrected chi connectivity index (χ2v) is 8.59. The Morgan fingerprint density at radius 1 is 1.25 bits per heavy atom. The molecule has 0 amide bonds. The largest absolute Gasteiger partial charge is 0.298 e. The molecule has 2 heterocycles. The molecule has 1 atom stereocenters. The van der Waals surface area contributed by atoms with Gasteiger partial charge in [-0.3, -0.25) is 10.00 Å². The van der Waals surface area contributed by atoms with Crippen LogP contribution in [0.2, 0.25) is 0 Å². The third kappa shape index (κ3) is 4.47. The Kier molecular flexibility index (Phi) is 5.03. The first-order chi connectivity index (χ1) is 11.5. The SMILES string of the molecule is CS(=O)(=O)C1CCCN(Cc2ccc(C#Cc3cn[nH]c3)cc2)C1. The maximum atomic E-state index is 11.7. The van der Waals surface area contributed by atoms with E-state index in [4.69, 9.17) is 0 Å². The zero-order valence-electron chi connectivity index (χ0n) is 13.7. The molecule has 1 saturated heterocycles. The fraction of sp³-hybridized carbons (Fsp3) is 0.389. The molecule has 0 bridgehead atoms. The first-order valence-corrected chi connectivity index (χ1v) is 9.97. The van der Waals surface area contributed by atoms with Gasteiger partial charge in [0.2, 0.25) is 0 Å². The number of hydrogen-bond acceptors (Lipinski definition) is 4. The number of aromatic nitrogens is 2. The highest BCUT2D eigenvalue weighted by Crippen LogP contribution is 2.18. The number of sulfone groups is 1. The van der Waals surface area contributed by atoms with Crippen molar-refractivity contribution in [1.82, 2.24) is 15.1 Å². The molecule has 1 aliphatic heterocycles. The smallest absolute Gasteiger partial charge is 0.151 e. The van der Waals surface area contributed by atoms with E-state index in [2.05, 4.69) is 39.1 Å². The van der Waals surface area contributed by atoms with E-state index in [-0.39, 0.29) is 5.25 Å². The lowest BCUT2D eigenvalue weighted by Crippen LogP contribution is -2.41. The zero-order valence-corrected chi connectivity index (χ0v) is 14.5. The number of H-pyrrole nitrogens is 1. The van der Waals surface area contributed by atoms with E-state index in [0.29, 0.717) is 6.54 Å². The number of piperidine rings is 1. The first kappa shape index (κ1) is 16.7. The summed E-state index contributed by atoms with van der Waals surface area (Å²) in [4.78, 5) is 2.22. The van der Waals surface area contributed by atoms with Crippen LogP contribution < -0.4 is 0 Å². The van der Waals surface area contributed by atoms with Crippen molar-refractivity contribution in [1.29, 1.82) is 0 Å². The normalized spacial score (nSPS) is 18.8. The fourth-order valence-corrected chi connectivity index (χ4v) is 4.00. The van der Waals surface area contributed by atoms with Crippen LogP contribution in [0.3, 0.4) is 0 Å². The molecular formula is C18H21N3O2S. The third-order valence-corrected chi connectivity index (χ3v) is 5.87. The van der Waals surface area contributed by atoms with Crippen molar-refractivity contribution in [3.05, 3.63) is 53.3 Å². The molecule has 1 aliphatic rings. The number of nitrogens with one attached hydrogen (secondary N) is 1. The average Bonchev–Trinajstić information content (AvgIpc) is 3.07. The average molecular weight is 343 g/mol. The number of rotatable bonds is 3. The standard InChI is InChI=1S/C18H21N3O2S/c1-24(22,23)18-3-2-10-21(14-18)13-16-7-4-15(5-8-16)6-9-17-11-19-20-12-17/h4-5,7-8,11-12,18H,2-3,10,13-14H2,1H3,(H,19,20). The predicted octanol–water partition coefficient (Wildman–Crippen LogP) is 1.82. The quantitative estimate of drug-likeness (QED) is 0.864. The molecule has 0 saturated carbocycles. The van der Waals surface area contributed by atoms with E-state index in [9.17, 15) is 8.42 Å². The molecule has 6 heteroatoms. The Labute approximate surface area is 143 Å². The zero-order chi connectivity index (χ0) is 17.0. The third-order valence-electron chi connectivity index (χ3n) is 4.28. The summed E-state index contributed by atoms with van der Waals surface area (Å²) < 4.78 is 23.5. The number of aromatic amines is 1. The van der Waals surface area contributed by atoms with Gasteiger partial charge < -0.3 is 0 Å². The summed E-state index contributed by atoms with van der Waals surface area (Å²) >= 11 is 0. The van der Waals surface area contributed by atoms with Crippen molar-refractivity contribution in [2.24, 2.45) is 0 Å². The van der Waals surface area contributed by atoms with Crippen LogP contribution in [0.25, 0.3) is 0 Å². The van der Waals surface area contributed by atoms with Crippen molar-refractivity contribution in [2.45, 2.75) is 24.6 Å². The van der Waals surface area contributed by atoms with Gasteiger partial charge in [-0.05, 0) is 37.1 Å². The van der Waals surface area contributed by atoms with Gasteiger partial charge in [0.15, 0.2) is 9.84 Å². The molecule has 3 rings (SSSR count).